The van der Waals surface area contributed by atoms with E-state index in [1.54, 1.807) is 34.9 Å². The number of hydrogen-bond acceptors (Lipinski definition) is 5. The third kappa shape index (κ3) is 4.47. The van der Waals surface area contributed by atoms with Crippen molar-refractivity contribution in [3.05, 3.63) is 16.1 Å². The van der Waals surface area contributed by atoms with E-state index in [1.165, 1.54) is 0 Å². The number of thiazole rings is 1. The molecule has 1 aromatic heterocycles. The third-order valence-corrected chi connectivity index (χ3v) is 4.94. The number of rotatable bonds is 4. The maximum atomic E-state index is 12.1. The Balaban J connectivity index is 1.75. The molecule has 0 spiro atoms. The second-order valence-corrected chi connectivity index (χ2v) is 7.31. The molecule has 1 aliphatic heterocycles. The molecule has 4 nitrogen and oxygen atoms in total. The second kappa shape index (κ2) is 6.24. The summed E-state index contributed by atoms with van der Waals surface area (Å²) in [5.74, 6) is 1.37. The number of carbonyl (C=O) groups excluding carboxylic acids is 1. The topological polar surface area (TPSA) is 53.4 Å². The Morgan fingerprint density at radius 2 is 2.47 bits per heavy atom. The van der Waals surface area contributed by atoms with Crippen LogP contribution in [-0.4, -0.2) is 45.3 Å². The summed E-state index contributed by atoms with van der Waals surface area (Å²) in [7, 11) is 0. The molecule has 1 N–H and O–H groups in total. The summed E-state index contributed by atoms with van der Waals surface area (Å²) < 4.78 is 0. The van der Waals surface area contributed by atoms with Gasteiger partial charge in [-0.25, -0.2) is 4.98 Å². The summed E-state index contributed by atoms with van der Waals surface area (Å²) in [5, 5.41) is 13.1. The molecule has 6 heteroatoms. The van der Waals surface area contributed by atoms with Crippen LogP contribution in [0.15, 0.2) is 5.38 Å². The number of aromatic nitrogens is 1. The second-order valence-electron chi connectivity index (χ2n) is 5.27. The fourth-order valence-electron chi connectivity index (χ4n) is 2.24. The number of likely N-dealkylation sites (tertiary alicyclic amines) is 1. The molecule has 19 heavy (non-hydrogen) atoms. The number of amides is 1. The lowest BCUT2D eigenvalue weighted by Crippen LogP contribution is -2.49. The minimum Gasteiger partial charge on any atom is -0.388 e. The van der Waals surface area contributed by atoms with Crippen LogP contribution in [0.5, 0.6) is 0 Å². The Labute approximate surface area is 122 Å². The molecule has 1 atom stereocenters. The third-order valence-electron chi connectivity index (χ3n) is 3.17. The fourth-order valence-corrected chi connectivity index (χ4v) is 3.78. The van der Waals surface area contributed by atoms with Crippen molar-refractivity contribution in [2.75, 3.05) is 18.8 Å². The molecule has 2 heterocycles. The van der Waals surface area contributed by atoms with Gasteiger partial charge in [-0.2, -0.15) is 0 Å². The summed E-state index contributed by atoms with van der Waals surface area (Å²) in [4.78, 5) is 18.2. The van der Waals surface area contributed by atoms with E-state index in [1.807, 2.05) is 12.3 Å². The maximum Gasteiger partial charge on any atom is 0.232 e. The SMILES string of the molecule is Cc1nc(CSCC(=O)N2CCCC(C)(O)C2)cs1. The summed E-state index contributed by atoms with van der Waals surface area (Å²) in [6, 6.07) is 0. The zero-order valence-electron chi connectivity index (χ0n) is 11.4. The van der Waals surface area contributed by atoms with Crippen molar-refractivity contribution in [2.24, 2.45) is 0 Å². The van der Waals surface area contributed by atoms with Crippen LogP contribution in [-0.2, 0) is 10.5 Å². The van der Waals surface area contributed by atoms with Crippen LogP contribution >= 0.6 is 23.1 Å². The lowest BCUT2D eigenvalue weighted by atomic mass is 9.95. The number of aryl methyl sites for hydroxylation is 1. The highest BCUT2D eigenvalue weighted by Gasteiger charge is 2.30. The standard InChI is InChI=1S/C13H20N2O2S2/c1-10-14-11(7-19-10)6-18-8-12(16)15-5-3-4-13(2,17)9-15/h7,17H,3-6,8-9H2,1-2H3. The Bertz CT molecular complexity index is 446. The van der Waals surface area contributed by atoms with Crippen LogP contribution in [0, 0.1) is 6.92 Å². The van der Waals surface area contributed by atoms with Gasteiger partial charge in [0.25, 0.3) is 0 Å². The van der Waals surface area contributed by atoms with Crippen LogP contribution in [0.3, 0.4) is 0 Å². The van der Waals surface area contributed by atoms with Gasteiger partial charge in [-0.1, -0.05) is 0 Å². The highest BCUT2D eigenvalue weighted by molar-refractivity contribution is 7.99. The van der Waals surface area contributed by atoms with Crippen molar-refractivity contribution in [2.45, 2.75) is 38.0 Å². The number of aliphatic hydroxyl groups is 1. The van der Waals surface area contributed by atoms with Crippen molar-refractivity contribution in [3.8, 4) is 0 Å². The lowest BCUT2D eigenvalue weighted by Gasteiger charge is -2.36. The Morgan fingerprint density at radius 1 is 1.68 bits per heavy atom. The van der Waals surface area contributed by atoms with Crippen LogP contribution in [0.1, 0.15) is 30.5 Å². The highest BCUT2D eigenvalue weighted by atomic mass is 32.2. The molecule has 1 fully saturated rings. The number of β-amino-alcohol motifs (C(OH)–C–C–N with tert-alkyl or cyclic N) is 1. The van der Waals surface area contributed by atoms with Gasteiger partial charge in [0.15, 0.2) is 0 Å². The van der Waals surface area contributed by atoms with Crippen molar-refractivity contribution in [3.63, 3.8) is 0 Å². The van der Waals surface area contributed by atoms with E-state index in [2.05, 4.69) is 4.98 Å². The van der Waals surface area contributed by atoms with Gasteiger partial charge in [0.05, 0.1) is 22.1 Å². The number of nitrogens with zero attached hydrogens (tertiary/aromatic N) is 2. The summed E-state index contributed by atoms with van der Waals surface area (Å²) in [6.45, 7) is 5.02. The molecule has 0 bridgehead atoms. The molecule has 1 amide bonds. The van der Waals surface area contributed by atoms with Gasteiger partial charge >= 0.3 is 0 Å². The van der Waals surface area contributed by atoms with Gasteiger partial charge in [0, 0.05) is 24.2 Å². The van der Waals surface area contributed by atoms with Gasteiger partial charge in [-0.05, 0) is 26.7 Å². The molecule has 0 aromatic carbocycles. The van der Waals surface area contributed by atoms with E-state index in [0.29, 0.717) is 12.3 Å². The first-order valence-electron chi connectivity index (χ1n) is 6.45. The summed E-state index contributed by atoms with van der Waals surface area (Å²) >= 11 is 3.23. The molecule has 1 aromatic rings. The minimum absolute atomic E-state index is 0.122. The average Bonchev–Trinajstić information content (AvgIpc) is 2.73. The molecule has 106 valence electrons. The predicted octanol–water partition coefficient (Wildman–Crippen LogP) is 2.06. The smallest absolute Gasteiger partial charge is 0.232 e. The van der Waals surface area contributed by atoms with E-state index in [-0.39, 0.29) is 5.91 Å². The van der Waals surface area contributed by atoms with Crippen molar-refractivity contribution >= 4 is 29.0 Å². The Morgan fingerprint density at radius 3 is 3.11 bits per heavy atom. The van der Waals surface area contributed by atoms with E-state index >= 15 is 0 Å². The van der Waals surface area contributed by atoms with Gasteiger partial charge in [-0.3, -0.25) is 4.79 Å². The van der Waals surface area contributed by atoms with E-state index in [9.17, 15) is 9.90 Å². The lowest BCUT2D eigenvalue weighted by molar-refractivity contribution is -0.134. The summed E-state index contributed by atoms with van der Waals surface area (Å²) in [5.41, 5.74) is 0.330. The van der Waals surface area contributed by atoms with Gasteiger partial charge < -0.3 is 10.0 Å². The number of piperidine rings is 1. The molecule has 1 saturated heterocycles. The zero-order chi connectivity index (χ0) is 13.9. The average molecular weight is 300 g/mol. The largest absolute Gasteiger partial charge is 0.388 e. The molecular weight excluding hydrogens is 280 g/mol. The van der Waals surface area contributed by atoms with Gasteiger partial charge in [0.2, 0.25) is 5.91 Å². The van der Waals surface area contributed by atoms with Crippen molar-refractivity contribution in [1.82, 2.24) is 9.88 Å². The first-order chi connectivity index (χ1) is 8.96. The molecule has 2 rings (SSSR count). The molecule has 1 aliphatic rings. The Hall–Kier alpha value is -0.590. The molecule has 0 aliphatic carbocycles. The molecular formula is C13H20N2O2S2. The van der Waals surface area contributed by atoms with Crippen molar-refractivity contribution in [1.29, 1.82) is 0 Å². The van der Waals surface area contributed by atoms with E-state index in [4.69, 9.17) is 0 Å². The van der Waals surface area contributed by atoms with Gasteiger partial charge in [-0.15, -0.1) is 23.1 Å². The minimum atomic E-state index is -0.718. The van der Waals surface area contributed by atoms with Crippen LogP contribution in [0.2, 0.25) is 0 Å². The number of hydrogen-bond donors (Lipinski definition) is 1. The molecule has 1 unspecified atom stereocenters. The normalized spacial score (nSPS) is 23.6. The van der Waals surface area contributed by atoms with E-state index < -0.39 is 5.60 Å². The number of thioether (sulfide) groups is 1. The monoisotopic (exact) mass is 300 g/mol. The van der Waals surface area contributed by atoms with Gasteiger partial charge in [0.1, 0.15) is 0 Å². The van der Waals surface area contributed by atoms with E-state index in [0.717, 1.165) is 35.8 Å². The first-order valence-corrected chi connectivity index (χ1v) is 8.49. The van der Waals surface area contributed by atoms with Crippen LogP contribution in [0.4, 0.5) is 0 Å². The molecule has 0 saturated carbocycles. The number of carbonyl (C=O) groups is 1. The quantitative estimate of drug-likeness (QED) is 0.925. The zero-order valence-corrected chi connectivity index (χ0v) is 13.0. The Kier molecular flexibility index (Phi) is 4.86. The van der Waals surface area contributed by atoms with Crippen LogP contribution < -0.4 is 0 Å². The fraction of sp³-hybridized carbons (Fsp3) is 0.692. The first kappa shape index (κ1) is 14.8. The maximum absolute atomic E-state index is 12.1. The van der Waals surface area contributed by atoms with Crippen molar-refractivity contribution < 1.29 is 9.90 Å². The highest BCUT2D eigenvalue weighted by Crippen LogP contribution is 2.21. The molecule has 0 radical (unpaired) electrons. The summed E-state index contributed by atoms with van der Waals surface area (Å²) in [6.07, 6.45) is 1.66. The predicted molar refractivity (Wildman–Crippen MR) is 79.5 cm³/mol. The van der Waals surface area contributed by atoms with Crippen LogP contribution in [0.25, 0.3) is 0 Å².